The van der Waals surface area contributed by atoms with Gasteiger partial charge in [-0.1, -0.05) is 0 Å². The topological polar surface area (TPSA) is 0 Å². The molecule has 0 aliphatic heterocycles. The molecule has 0 atom stereocenters. The van der Waals surface area contributed by atoms with E-state index in [-0.39, 0.29) is 77.1 Å². The predicted molar refractivity (Wildman–Crippen MR) is 11.5 cm³/mol. The molecule has 0 aromatic rings. The molecule has 0 rings (SSSR count). The van der Waals surface area contributed by atoms with E-state index >= 15 is 0 Å². The SMILES string of the molecule is [Al].[Cr].[In].[Ni]. The van der Waals surface area contributed by atoms with Gasteiger partial charge in [0, 0.05) is 77.1 Å². The predicted octanol–water partition coefficient (Wildman–Crippen LogP) is -0.767. The summed E-state index contributed by atoms with van der Waals surface area (Å²) in [5.41, 5.74) is 0. The zero-order valence-corrected chi connectivity index (χ0v) is 8.59. The Hall–Kier alpha value is 2.43. The number of rotatable bonds is 0. The third-order valence-electron chi connectivity index (χ3n) is 0. The van der Waals surface area contributed by atoms with Gasteiger partial charge < -0.3 is 0 Å². The molecule has 0 fully saturated rings. The van der Waals surface area contributed by atoms with Crippen molar-refractivity contribution in [2.24, 2.45) is 0 Å². The minimum atomic E-state index is 0. The van der Waals surface area contributed by atoms with Gasteiger partial charge in [-0.2, -0.15) is 0 Å². The van der Waals surface area contributed by atoms with Crippen LogP contribution >= 0.6 is 0 Å². The fourth-order valence-electron chi connectivity index (χ4n) is 0. The Bertz CT molecular complexity index is 8.00. The number of hydrogen-bond donors (Lipinski definition) is 0. The van der Waals surface area contributed by atoms with E-state index in [1.165, 1.54) is 0 Å². The molecule has 0 saturated carbocycles. The molecule has 0 heterocycles. The zero-order chi connectivity index (χ0) is 0. The van der Waals surface area contributed by atoms with E-state index in [0.717, 1.165) is 0 Å². The van der Waals surface area contributed by atoms with Gasteiger partial charge in [-0.05, 0) is 0 Å². The zero-order valence-electron chi connectivity index (χ0n) is 1.88. The van der Waals surface area contributed by atoms with Crippen molar-refractivity contribution in [3.8, 4) is 0 Å². The Kier molecular flexibility index (Phi) is 145. The Morgan fingerprint density at radius 3 is 1.00 bits per heavy atom. The minimum absolute atomic E-state index is 0. The third-order valence-corrected chi connectivity index (χ3v) is 0. The molecule has 0 aromatic heterocycles. The molecule has 0 unspecified atom stereocenters. The van der Waals surface area contributed by atoms with Crippen molar-refractivity contribution >= 4 is 43.2 Å². The summed E-state index contributed by atoms with van der Waals surface area (Å²) in [7, 11) is 0. The van der Waals surface area contributed by atoms with Crippen LogP contribution in [0.4, 0.5) is 0 Å². The van der Waals surface area contributed by atoms with Crippen molar-refractivity contribution in [1.82, 2.24) is 0 Å². The second kappa shape index (κ2) is 18.1. The second-order valence-electron chi connectivity index (χ2n) is 0. The summed E-state index contributed by atoms with van der Waals surface area (Å²) in [6.07, 6.45) is 0. The van der Waals surface area contributed by atoms with Gasteiger partial charge in [-0.15, -0.1) is 0 Å². The molecule has 22 valence electrons. The van der Waals surface area contributed by atoms with Crippen molar-refractivity contribution in [3.05, 3.63) is 0 Å². The Morgan fingerprint density at radius 2 is 1.00 bits per heavy atom. The smallest absolute Gasteiger partial charge is 0 e. The van der Waals surface area contributed by atoms with Crippen LogP contribution in [0.15, 0.2) is 0 Å². The first-order valence-electron chi connectivity index (χ1n) is 0. The van der Waals surface area contributed by atoms with Crippen LogP contribution in [-0.4, -0.2) is 43.2 Å². The molecule has 0 spiro atoms. The molecule has 4 heavy (non-hydrogen) atoms. The Labute approximate surface area is 76.1 Å². The maximum absolute atomic E-state index is 0. The normalized spacial score (nSPS) is 0. The molecule has 0 saturated heterocycles. The van der Waals surface area contributed by atoms with Crippen LogP contribution in [0, 0.1) is 0 Å². The summed E-state index contributed by atoms with van der Waals surface area (Å²) in [5, 5.41) is 0. The van der Waals surface area contributed by atoms with Gasteiger partial charge >= 0.3 is 0 Å². The Morgan fingerprint density at radius 1 is 1.00 bits per heavy atom. The van der Waals surface area contributed by atoms with E-state index in [0.29, 0.717) is 0 Å². The van der Waals surface area contributed by atoms with Crippen LogP contribution in [0.2, 0.25) is 0 Å². The van der Waals surface area contributed by atoms with Gasteiger partial charge in [0.1, 0.15) is 0 Å². The summed E-state index contributed by atoms with van der Waals surface area (Å²) < 4.78 is 0. The van der Waals surface area contributed by atoms with E-state index in [2.05, 4.69) is 0 Å². The van der Waals surface area contributed by atoms with E-state index in [9.17, 15) is 0 Å². The molecule has 0 aliphatic rings. The van der Waals surface area contributed by atoms with Crippen LogP contribution < -0.4 is 0 Å². The van der Waals surface area contributed by atoms with Crippen molar-refractivity contribution in [1.29, 1.82) is 0 Å². The number of hydrogen-bond acceptors (Lipinski definition) is 0. The molecule has 0 bridgehead atoms. The third kappa shape index (κ3) is 8.83. The van der Waals surface area contributed by atoms with Crippen LogP contribution in [0.3, 0.4) is 0 Å². The van der Waals surface area contributed by atoms with E-state index in [1.807, 2.05) is 0 Å². The first kappa shape index (κ1) is 32.1. The van der Waals surface area contributed by atoms with Gasteiger partial charge in [0.05, 0.1) is 0 Å². The quantitative estimate of drug-likeness (QED) is 0.497. The van der Waals surface area contributed by atoms with Crippen molar-refractivity contribution in [2.45, 2.75) is 0 Å². The Balaban J connectivity index is 0. The second-order valence-corrected chi connectivity index (χ2v) is 0. The average molecular weight is 252 g/mol. The molecular formula is AlCrInNi. The van der Waals surface area contributed by atoms with E-state index in [4.69, 9.17) is 0 Å². The first-order chi connectivity index (χ1) is 0. The minimum Gasteiger partial charge on any atom is 0 e. The van der Waals surface area contributed by atoms with Crippen LogP contribution in [-0.2, 0) is 33.9 Å². The maximum atomic E-state index is 0. The van der Waals surface area contributed by atoms with Crippen molar-refractivity contribution < 1.29 is 33.9 Å². The van der Waals surface area contributed by atoms with Gasteiger partial charge in [-0.3, -0.25) is 0 Å². The maximum Gasteiger partial charge on any atom is 0 e. The van der Waals surface area contributed by atoms with Gasteiger partial charge in [-0.25, -0.2) is 0 Å². The summed E-state index contributed by atoms with van der Waals surface area (Å²) in [6.45, 7) is 0. The standard InChI is InChI=1S/Al.Cr.In.Ni. The molecule has 6 radical (unpaired) electrons. The van der Waals surface area contributed by atoms with Gasteiger partial charge in [0.25, 0.3) is 0 Å². The molecular weight excluding hydrogens is 252 g/mol. The summed E-state index contributed by atoms with van der Waals surface area (Å²) in [6, 6.07) is 0. The summed E-state index contributed by atoms with van der Waals surface area (Å²) >= 11 is 0. The average Bonchev–Trinajstić information content (AvgIpc) is 0. The summed E-state index contributed by atoms with van der Waals surface area (Å²) in [5.74, 6) is 0. The van der Waals surface area contributed by atoms with Crippen LogP contribution in [0.1, 0.15) is 0 Å². The monoisotopic (exact) mass is 252 g/mol. The van der Waals surface area contributed by atoms with Crippen molar-refractivity contribution in [2.75, 3.05) is 0 Å². The van der Waals surface area contributed by atoms with E-state index in [1.54, 1.807) is 0 Å². The van der Waals surface area contributed by atoms with Crippen LogP contribution in [0.5, 0.6) is 0 Å². The molecule has 0 aromatic carbocycles. The van der Waals surface area contributed by atoms with Gasteiger partial charge in [0.2, 0.25) is 0 Å². The summed E-state index contributed by atoms with van der Waals surface area (Å²) in [4.78, 5) is 0. The van der Waals surface area contributed by atoms with Crippen LogP contribution in [0.25, 0.3) is 0 Å². The molecule has 0 aliphatic carbocycles. The fraction of sp³-hybridized carbons (Fsp3) is 0. The molecule has 0 N–H and O–H groups in total. The molecule has 4 heteroatoms. The van der Waals surface area contributed by atoms with E-state index < -0.39 is 0 Å². The molecule has 0 nitrogen and oxygen atoms in total. The van der Waals surface area contributed by atoms with Crippen molar-refractivity contribution in [3.63, 3.8) is 0 Å². The molecule has 0 amide bonds. The first-order valence-corrected chi connectivity index (χ1v) is 0. The largest absolute Gasteiger partial charge is 0 e. The fourth-order valence-corrected chi connectivity index (χ4v) is 0. The van der Waals surface area contributed by atoms with Gasteiger partial charge in [0.15, 0.2) is 0 Å².